The molecule has 0 aliphatic carbocycles. The molecule has 0 unspecified atom stereocenters. The number of ether oxygens (including phenoxy) is 2. The summed E-state index contributed by atoms with van der Waals surface area (Å²) in [5.41, 5.74) is 0.0159. The zero-order valence-electron chi connectivity index (χ0n) is 20.0. The minimum Gasteiger partial charge on any atom is -0.476 e. The fourth-order valence-corrected chi connectivity index (χ4v) is 4.62. The van der Waals surface area contributed by atoms with Crippen molar-refractivity contribution < 1.29 is 19.2 Å². The molecular formula is C24H23Br2N5O6. The fraction of sp³-hybridized carbons (Fsp3) is 0.333. The number of fused-ring (bicyclic) bond motifs is 1. The first-order chi connectivity index (χ1) is 17.7. The molecule has 0 atom stereocenters. The van der Waals surface area contributed by atoms with Crippen molar-refractivity contribution in [2.75, 3.05) is 32.9 Å². The first-order valence-corrected chi connectivity index (χ1v) is 13.0. The summed E-state index contributed by atoms with van der Waals surface area (Å²) in [7, 11) is 0. The van der Waals surface area contributed by atoms with E-state index in [1.54, 1.807) is 29.2 Å². The topological polar surface area (TPSA) is 129 Å². The van der Waals surface area contributed by atoms with Crippen LogP contribution in [-0.4, -0.2) is 64.5 Å². The minimum atomic E-state index is -0.600. The molecule has 0 N–H and O–H groups in total. The van der Waals surface area contributed by atoms with Crippen LogP contribution < -0.4 is 10.3 Å². The highest BCUT2D eigenvalue weighted by atomic mass is 79.9. The Hall–Kier alpha value is -3.16. The van der Waals surface area contributed by atoms with Gasteiger partial charge in [0.05, 0.1) is 35.3 Å². The van der Waals surface area contributed by atoms with Gasteiger partial charge in [-0.2, -0.15) is 9.78 Å². The van der Waals surface area contributed by atoms with Crippen LogP contribution in [-0.2, 0) is 9.53 Å². The van der Waals surface area contributed by atoms with Crippen LogP contribution in [0.25, 0.3) is 10.9 Å². The van der Waals surface area contributed by atoms with Crippen LogP contribution >= 0.6 is 31.9 Å². The van der Waals surface area contributed by atoms with E-state index >= 15 is 0 Å². The standard InChI is InChI=1S/C24H23Br2N5O6/c1-14(2)23-28-19-4-3-16(25)10-18(19)24(33)30(23)27-12-15-9-17(26)11-20(31(34)35)22(15)37-13-21(32)29-5-7-36-8-6-29/h3-4,9-12,14H,5-8,13H2,1-2H3. The summed E-state index contributed by atoms with van der Waals surface area (Å²) >= 11 is 6.65. The number of hydrogen-bond acceptors (Lipinski definition) is 8. The Morgan fingerprint density at radius 2 is 1.97 bits per heavy atom. The molecule has 1 aromatic heterocycles. The van der Waals surface area contributed by atoms with Crippen molar-refractivity contribution in [2.24, 2.45) is 5.10 Å². The first-order valence-electron chi connectivity index (χ1n) is 11.4. The highest BCUT2D eigenvalue weighted by molar-refractivity contribution is 9.10. The lowest BCUT2D eigenvalue weighted by molar-refractivity contribution is -0.385. The van der Waals surface area contributed by atoms with E-state index in [9.17, 15) is 19.7 Å². The number of amides is 1. The van der Waals surface area contributed by atoms with E-state index in [0.717, 1.165) is 4.47 Å². The molecule has 37 heavy (non-hydrogen) atoms. The number of carbonyl (C=O) groups is 1. The van der Waals surface area contributed by atoms with Crippen molar-refractivity contribution in [3.8, 4) is 5.75 Å². The molecule has 4 rings (SSSR count). The number of nitro benzene ring substituents is 1. The quantitative estimate of drug-likeness (QED) is 0.217. The number of carbonyl (C=O) groups excluding carboxylic acids is 1. The Morgan fingerprint density at radius 1 is 1.24 bits per heavy atom. The van der Waals surface area contributed by atoms with Gasteiger partial charge >= 0.3 is 5.69 Å². The van der Waals surface area contributed by atoms with Crippen LogP contribution in [0.3, 0.4) is 0 Å². The predicted molar refractivity (Wildman–Crippen MR) is 144 cm³/mol. The zero-order chi connectivity index (χ0) is 26.7. The van der Waals surface area contributed by atoms with Crippen LogP contribution in [0.1, 0.15) is 31.2 Å². The monoisotopic (exact) mass is 635 g/mol. The fourth-order valence-electron chi connectivity index (χ4n) is 3.80. The van der Waals surface area contributed by atoms with Crippen molar-refractivity contribution in [1.82, 2.24) is 14.6 Å². The van der Waals surface area contributed by atoms with Crippen molar-refractivity contribution in [1.29, 1.82) is 0 Å². The maximum Gasteiger partial charge on any atom is 0.312 e. The molecule has 1 aliphatic heterocycles. The Balaban J connectivity index is 1.76. The van der Waals surface area contributed by atoms with Crippen molar-refractivity contribution >= 4 is 60.6 Å². The Labute approximate surface area is 228 Å². The van der Waals surface area contributed by atoms with E-state index in [-0.39, 0.29) is 34.4 Å². The molecule has 1 saturated heterocycles. The average molecular weight is 637 g/mol. The number of rotatable bonds is 7. The van der Waals surface area contributed by atoms with Gasteiger partial charge < -0.3 is 14.4 Å². The van der Waals surface area contributed by atoms with Gasteiger partial charge in [0.1, 0.15) is 5.82 Å². The maximum absolute atomic E-state index is 13.3. The number of aromatic nitrogens is 2. The third-order valence-corrected chi connectivity index (χ3v) is 6.58. The van der Waals surface area contributed by atoms with Gasteiger partial charge in [-0.3, -0.25) is 19.7 Å². The molecule has 1 fully saturated rings. The summed E-state index contributed by atoms with van der Waals surface area (Å²) in [5.74, 6) is -0.164. The second-order valence-electron chi connectivity index (χ2n) is 8.53. The van der Waals surface area contributed by atoms with Crippen molar-refractivity contribution in [2.45, 2.75) is 19.8 Å². The van der Waals surface area contributed by atoms with Crippen LogP contribution in [0.15, 0.2) is 49.2 Å². The molecule has 13 heteroatoms. The van der Waals surface area contributed by atoms with Crippen LogP contribution in [0.2, 0.25) is 0 Å². The highest BCUT2D eigenvalue weighted by Crippen LogP contribution is 2.34. The minimum absolute atomic E-state index is 0.130. The molecule has 2 aromatic carbocycles. The van der Waals surface area contributed by atoms with Crippen LogP contribution in [0.5, 0.6) is 5.75 Å². The normalized spacial score (nSPS) is 14.0. The van der Waals surface area contributed by atoms with Crippen molar-refractivity contribution in [3.05, 3.63) is 71.1 Å². The number of benzene rings is 2. The SMILES string of the molecule is CC(C)c1nc2ccc(Br)cc2c(=O)n1N=Cc1cc(Br)cc([N+](=O)[O-])c1OCC(=O)N1CCOCC1. The third-order valence-electron chi connectivity index (χ3n) is 5.63. The van der Waals surface area contributed by atoms with Gasteiger partial charge in [0.2, 0.25) is 5.75 Å². The number of hydrogen-bond donors (Lipinski definition) is 0. The Bertz CT molecular complexity index is 1450. The largest absolute Gasteiger partial charge is 0.476 e. The molecule has 11 nitrogen and oxygen atoms in total. The molecule has 1 amide bonds. The zero-order valence-corrected chi connectivity index (χ0v) is 23.2. The molecule has 2 heterocycles. The van der Waals surface area contributed by atoms with Gasteiger partial charge in [0.15, 0.2) is 6.61 Å². The number of nitrogens with zero attached hydrogens (tertiary/aromatic N) is 5. The molecule has 0 bridgehead atoms. The lowest BCUT2D eigenvalue weighted by atomic mass is 10.1. The Kier molecular flexibility index (Phi) is 8.35. The van der Waals surface area contributed by atoms with E-state index < -0.39 is 11.5 Å². The molecule has 0 saturated carbocycles. The summed E-state index contributed by atoms with van der Waals surface area (Å²) in [4.78, 5) is 43.3. The van der Waals surface area contributed by atoms with Gasteiger partial charge in [-0.25, -0.2) is 4.98 Å². The van der Waals surface area contributed by atoms with E-state index in [1.807, 2.05) is 13.8 Å². The molecular weight excluding hydrogens is 614 g/mol. The smallest absolute Gasteiger partial charge is 0.312 e. The summed E-state index contributed by atoms with van der Waals surface area (Å²) in [6.45, 7) is 5.06. The number of nitro groups is 1. The molecule has 1 aliphatic rings. The second-order valence-corrected chi connectivity index (χ2v) is 10.4. The summed E-state index contributed by atoms with van der Waals surface area (Å²) in [5, 5.41) is 16.5. The van der Waals surface area contributed by atoms with Gasteiger partial charge in [0.25, 0.3) is 11.5 Å². The lowest BCUT2D eigenvalue weighted by Crippen LogP contribution is -2.43. The van der Waals surface area contributed by atoms with Gasteiger partial charge in [-0.1, -0.05) is 45.7 Å². The average Bonchev–Trinajstić information content (AvgIpc) is 2.87. The number of halogens is 2. The predicted octanol–water partition coefficient (Wildman–Crippen LogP) is 4.07. The van der Waals surface area contributed by atoms with E-state index in [2.05, 4.69) is 41.9 Å². The molecule has 0 radical (unpaired) electrons. The molecule has 3 aromatic rings. The van der Waals surface area contributed by atoms with Crippen LogP contribution in [0, 0.1) is 10.1 Å². The Morgan fingerprint density at radius 3 is 2.65 bits per heavy atom. The highest BCUT2D eigenvalue weighted by Gasteiger charge is 2.24. The first kappa shape index (κ1) is 26.9. The summed E-state index contributed by atoms with van der Waals surface area (Å²) < 4.78 is 13.2. The van der Waals surface area contributed by atoms with Gasteiger partial charge in [-0.05, 0) is 24.3 Å². The van der Waals surface area contributed by atoms with E-state index in [4.69, 9.17) is 9.47 Å². The summed E-state index contributed by atoms with van der Waals surface area (Å²) in [6, 6.07) is 8.06. The second kappa shape index (κ2) is 11.5. The van der Waals surface area contributed by atoms with Crippen molar-refractivity contribution in [3.63, 3.8) is 0 Å². The van der Waals surface area contributed by atoms with Crippen LogP contribution in [0.4, 0.5) is 5.69 Å². The molecule has 194 valence electrons. The van der Waals surface area contributed by atoms with E-state index in [1.165, 1.54) is 17.0 Å². The van der Waals surface area contributed by atoms with Gasteiger partial charge in [-0.15, -0.1) is 0 Å². The van der Waals surface area contributed by atoms with Gasteiger partial charge in [0, 0.05) is 39.6 Å². The summed E-state index contributed by atoms with van der Waals surface area (Å²) in [6.07, 6.45) is 1.30. The van der Waals surface area contributed by atoms with E-state index in [0.29, 0.717) is 47.5 Å². The third kappa shape index (κ3) is 6.05. The lowest BCUT2D eigenvalue weighted by Gasteiger charge is -2.26. The maximum atomic E-state index is 13.3. The number of morpholine rings is 1. The molecule has 0 spiro atoms.